The molecule has 0 saturated carbocycles. The van der Waals surface area contributed by atoms with Gasteiger partial charge < -0.3 is 5.32 Å². The molecule has 0 aliphatic heterocycles. The fraction of sp³-hybridized carbons (Fsp3) is 0.556. The molecule has 0 aromatic carbocycles. The van der Waals surface area contributed by atoms with Crippen LogP contribution in [0.15, 0.2) is 11.4 Å². The molecule has 0 unspecified atom stereocenters. The molecule has 0 spiro atoms. The maximum Gasteiger partial charge on any atom is 0.401 e. The largest absolute Gasteiger partial charge is 0.401 e. The Morgan fingerprint density at radius 2 is 2.14 bits per heavy atom. The molecule has 5 heteroatoms. The smallest absolute Gasteiger partial charge is 0.308 e. The van der Waals surface area contributed by atoms with Crippen LogP contribution in [0.5, 0.6) is 0 Å². The van der Waals surface area contributed by atoms with Crippen molar-refractivity contribution < 1.29 is 13.2 Å². The van der Waals surface area contributed by atoms with E-state index in [0.717, 1.165) is 10.4 Å². The fourth-order valence-electron chi connectivity index (χ4n) is 1.09. The lowest BCUT2D eigenvalue weighted by molar-refractivity contribution is -0.124. The monoisotopic (exact) mass is 223 g/mol. The summed E-state index contributed by atoms with van der Waals surface area (Å²) in [5.74, 6) is 0. The molecule has 1 rings (SSSR count). The third-order valence-corrected chi connectivity index (χ3v) is 2.91. The minimum absolute atomic E-state index is 0.376. The Morgan fingerprint density at radius 1 is 1.43 bits per heavy atom. The number of aryl methyl sites for hydroxylation is 1. The Balaban J connectivity index is 2.20. The van der Waals surface area contributed by atoms with Crippen molar-refractivity contribution in [2.24, 2.45) is 0 Å². The highest BCUT2D eigenvalue weighted by Crippen LogP contribution is 2.16. The van der Waals surface area contributed by atoms with Crippen LogP contribution in [0.2, 0.25) is 0 Å². The second kappa shape index (κ2) is 4.79. The molecule has 1 heterocycles. The van der Waals surface area contributed by atoms with Crippen molar-refractivity contribution in [1.29, 1.82) is 0 Å². The molecule has 1 aromatic rings. The third-order valence-electron chi connectivity index (χ3n) is 1.82. The predicted molar refractivity (Wildman–Crippen MR) is 51.7 cm³/mol. The summed E-state index contributed by atoms with van der Waals surface area (Å²) in [5.41, 5.74) is 1.16. The van der Waals surface area contributed by atoms with E-state index in [-0.39, 0.29) is 0 Å². The summed E-state index contributed by atoms with van der Waals surface area (Å²) in [4.78, 5) is 1.15. The van der Waals surface area contributed by atoms with E-state index in [0.29, 0.717) is 13.0 Å². The van der Waals surface area contributed by atoms with Gasteiger partial charge in [-0.15, -0.1) is 11.3 Å². The van der Waals surface area contributed by atoms with Crippen LogP contribution in [-0.4, -0.2) is 19.3 Å². The SMILES string of the molecule is Cc1ccsc1CCNCC(F)(F)F. The zero-order valence-electron chi connectivity index (χ0n) is 7.82. The second-order valence-corrected chi connectivity index (χ2v) is 4.07. The molecule has 1 aromatic heterocycles. The molecule has 0 saturated heterocycles. The highest BCUT2D eigenvalue weighted by Gasteiger charge is 2.25. The second-order valence-electron chi connectivity index (χ2n) is 3.07. The summed E-state index contributed by atoms with van der Waals surface area (Å²) in [7, 11) is 0. The Kier molecular flexibility index (Phi) is 3.95. The maximum atomic E-state index is 11.7. The van der Waals surface area contributed by atoms with Crippen molar-refractivity contribution in [1.82, 2.24) is 5.32 Å². The Labute approximate surface area is 84.9 Å². The molecular formula is C9H12F3NS. The first kappa shape index (κ1) is 11.5. The van der Waals surface area contributed by atoms with E-state index in [9.17, 15) is 13.2 Å². The average Bonchev–Trinajstić information content (AvgIpc) is 2.44. The van der Waals surface area contributed by atoms with Gasteiger partial charge in [-0.1, -0.05) is 0 Å². The number of hydrogen-bond donors (Lipinski definition) is 1. The minimum atomic E-state index is -4.11. The van der Waals surface area contributed by atoms with E-state index >= 15 is 0 Å². The van der Waals surface area contributed by atoms with Gasteiger partial charge in [0.25, 0.3) is 0 Å². The van der Waals surface area contributed by atoms with Crippen LogP contribution in [0.4, 0.5) is 13.2 Å². The van der Waals surface area contributed by atoms with Crippen molar-refractivity contribution in [3.05, 3.63) is 21.9 Å². The Morgan fingerprint density at radius 3 is 2.64 bits per heavy atom. The van der Waals surface area contributed by atoms with Crippen LogP contribution in [0.25, 0.3) is 0 Å². The molecule has 0 aliphatic rings. The van der Waals surface area contributed by atoms with Gasteiger partial charge in [-0.3, -0.25) is 0 Å². The van der Waals surface area contributed by atoms with Gasteiger partial charge in [-0.05, 0) is 30.4 Å². The lowest BCUT2D eigenvalue weighted by atomic mass is 10.2. The summed E-state index contributed by atoms with van der Waals surface area (Å²) in [5, 5.41) is 4.33. The number of nitrogens with one attached hydrogen (secondary N) is 1. The quantitative estimate of drug-likeness (QED) is 0.774. The van der Waals surface area contributed by atoms with Gasteiger partial charge in [0.05, 0.1) is 6.54 Å². The van der Waals surface area contributed by atoms with Crippen molar-refractivity contribution in [3.63, 3.8) is 0 Å². The zero-order chi connectivity index (χ0) is 10.6. The lowest BCUT2D eigenvalue weighted by Crippen LogP contribution is -2.30. The van der Waals surface area contributed by atoms with Crippen LogP contribution in [0, 0.1) is 6.92 Å². The number of halogens is 3. The molecule has 1 N–H and O–H groups in total. The van der Waals surface area contributed by atoms with Crippen LogP contribution >= 0.6 is 11.3 Å². The molecule has 0 aliphatic carbocycles. The first-order valence-corrected chi connectivity index (χ1v) is 5.17. The van der Waals surface area contributed by atoms with Gasteiger partial charge in [0.2, 0.25) is 0 Å². The highest BCUT2D eigenvalue weighted by molar-refractivity contribution is 7.10. The number of hydrogen-bond acceptors (Lipinski definition) is 2. The lowest BCUT2D eigenvalue weighted by Gasteiger charge is -2.07. The topological polar surface area (TPSA) is 12.0 Å². The molecular weight excluding hydrogens is 211 g/mol. The first-order chi connectivity index (χ1) is 6.49. The number of alkyl halides is 3. The van der Waals surface area contributed by atoms with Crippen molar-refractivity contribution >= 4 is 11.3 Å². The van der Waals surface area contributed by atoms with Gasteiger partial charge in [0, 0.05) is 11.4 Å². The normalized spacial score (nSPS) is 12.0. The zero-order valence-corrected chi connectivity index (χ0v) is 8.63. The predicted octanol–water partition coefficient (Wildman–Crippen LogP) is 2.75. The van der Waals surface area contributed by atoms with Crippen LogP contribution in [0.3, 0.4) is 0 Å². The van der Waals surface area contributed by atoms with E-state index in [1.54, 1.807) is 11.3 Å². The summed E-state index contributed by atoms with van der Waals surface area (Å²) in [6.45, 7) is 1.44. The van der Waals surface area contributed by atoms with E-state index < -0.39 is 12.7 Å². The molecule has 0 bridgehead atoms. The van der Waals surface area contributed by atoms with Gasteiger partial charge in [0.1, 0.15) is 0 Å². The Bertz CT molecular complexity index is 280. The van der Waals surface area contributed by atoms with E-state index in [2.05, 4.69) is 5.32 Å². The van der Waals surface area contributed by atoms with E-state index in [1.807, 2.05) is 18.4 Å². The van der Waals surface area contributed by atoms with Crippen molar-refractivity contribution in [2.75, 3.05) is 13.1 Å². The summed E-state index contributed by atoms with van der Waals surface area (Å²) in [6, 6.07) is 1.98. The highest BCUT2D eigenvalue weighted by atomic mass is 32.1. The summed E-state index contributed by atoms with van der Waals surface area (Å²) < 4.78 is 35.2. The van der Waals surface area contributed by atoms with Crippen LogP contribution in [0.1, 0.15) is 10.4 Å². The van der Waals surface area contributed by atoms with E-state index in [4.69, 9.17) is 0 Å². The van der Waals surface area contributed by atoms with Crippen molar-refractivity contribution in [3.8, 4) is 0 Å². The molecule has 0 amide bonds. The number of rotatable bonds is 4. The number of thiophene rings is 1. The van der Waals surface area contributed by atoms with Crippen LogP contribution in [-0.2, 0) is 6.42 Å². The molecule has 0 atom stereocenters. The minimum Gasteiger partial charge on any atom is -0.308 e. The Hall–Kier alpha value is -0.550. The van der Waals surface area contributed by atoms with E-state index in [1.165, 1.54) is 0 Å². The third kappa shape index (κ3) is 4.11. The molecule has 14 heavy (non-hydrogen) atoms. The average molecular weight is 223 g/mol. The van der Waals surface area contributed by atoms with Crippen molar-refractivity contribution in [2.45, 2.75) is 19.5 Å². The maximum absolute atomic E-state index is 11.7. The van der Waals surface area contributed by atoms with Gasteiger partial charge in [0.15, 0.2) is 0 Å². The fourth-order valence-corrected chi connectivity index (χ4v) is 2.00. The van der Waals surface area contributed by atoms with Crippen LogP contribution < -0.4 is 5.32 Å². The molecule has 0 fully saturated rings. The molecule has 0 radical (unpaired) electrons. The van der Waals surface area contributed by atoms with Gasteiger partial charge in [-0.25, -0.2) is 0 Å². The summed E-state index contributed by atoms with van der Waals surface area (Å²) in [6.07, 6.45) is -3.44. The summed E-state index contributed by atoms with van der Waals surface area (Å²) >= 11 is 1.59. The molecule has 80 valence electrons. The van der Waals surface area contributed by atoms with Gasteiger partial charge >= 0.3 is 6.18 Å². The van der Waals surface area contributed by atoms with Gasteiger partial charge in [-0.2, -0.15) is 13.2 Å². The molecule has 1 nitrogen and oxygen atoms in total. The standard InChI is InChI=1S/C9H12F3NS/c1-7-3-5-14-8(7)2-4-13-6-9(10,11)12/h3,5,13H,2,4,6H2,1H3. The first-order valence-electron chi connectivity index (χ1n) is 4.29.